The van der Waals surface area contributed by atoms with E-state index in [0.717, 1.165) is 11.3 Å². The van der Waals surface area contributed by atoms with Crippen molar-refractivity contribution < 1.29 is 9.53 Å². The lowest BCUT2D eigenvalue weighted by Gasteiger charge is -2.02. The van der Waals surface area contributed by atoms with Gasteiger partial charge < -0.3 is 4.74 Å². The van der Waals surface area contributed by atoms with Gasteiger partial charge in [0.25, 0.3) is 0 Å². The molecule has 0 fully saturated rings. The molecule has 110 valence electrons. The maximum Gasteiger partial charge on any atom is 0.185 e. The van der Waals surface area contributed by atoms with E-state index in [1.165, 1.54) is 6.08 Å². The SMILES string of the molecule is CCOc1ccc(C(=O)/C=C/c2cnn(CCCl)c2)cc1. The highest BCUT2D eigenvalue weighted by molar-refractivity contribution is 6.17. The van der Waals surface area contributed by atoms with Gasteiger partial charge in [-0.25, -0.2) is 0 Å². The van der Waals surface area contributed by atoms with Crippen LogP contribution in [0.15, 0.2) is 42.7 Å². The summed E-state index contributed by atoms with van der Waals surface area (Å²) in [5.74, 6) is 1.22. The first kappa shape index (κ1) is 15.3. The van der Waals surface area contributed by atoms with Crippen molar-refractivity contribution in [2.75, 3.05) is 12.5 Å². The van der Waals surface area contributed by atoms with E-state index in [1.807, 2.05) is 13.1 Å². The number of ether oxygens (including phenoxy) is 1. The molecule has 2 aromatic rings. The monoisotopic (exact) mass is 304 g/mol. The minimum atomic E-state index is -0.0526. The van der Waals surface area contributed by atoms with Crippen LogP contribution in [-0.4, -0.2) is 28.1 Å². The van der Waals surface area contributed by atoms with Crippen LogP contribution in [0.2, 0.25) is 0 Å². The van der Waals surface area contributed by atoms with Gasteiger partial charge in [0, 0.05) is 23.2 Å². The van der Waals surface area contributed by atoms with Crippen molar-refractivity contribution in [2.45, 2.75) is 13.5 Å². The lowest BCUT2D eigenvalue weighted by molar-refractivity contribution is 0.104. The minimum absolute atomic E-state index is 0.0526. The van der Waals surface area contributed by atoms with E-state index in [1.54, 1.807) is 41.2 Å². The second-order valence-electron chi connectivity index (χ2n) is 4.38. The van der Waals surface area contributed by atoms with Gasteiger partial charge in [0.05, 0.1) is 19.3 Å². The Morgan fingerprint density at radius 2 is 2.14 bits per heavy atom. The first-order valence-electron chi connectivity index (χ1n) is 6.76. The maximum atomic E-state index is 12.0. The van der Waals surface area contributed by atoms with Crippen molar-refractivity contribution in [3.05, 3.63) is 53.9 Å². The fourth-order valence-electron chi connectivity index (χ4n) is 1.82. The zero-order chi connectivity index (χ0) is 15.1. The third kappa shape index (κ3) is 4.46. The molecular weight excluding hydrogens is 288 g/mol. The van der Waals surface area contributed by atoms with Gasteiger partial charge in [-0.05, 0) is 43.3 Å². The zero-order valence-electron chi connectivity index (χ0n) is 11.8. The highest BCUT2D eigenvalue weighted by Crippen LogP contribution is 2.13. The van der Waals surface area contributed by atoms with Gasteiger partial charge in [0.15, 0.2) is 5.78 Å². The molecule has 0 aliphatic heterocycles. The number of allylic oxidation sites excluding steroid dienone is 1. The molecule has 21 heavy (non-hydrogen) atoms. The summed E-state index contributed by atoms with van der Waals surface area (Å²) in [5.41, 5.74) is 1.50. The summed E-state index contributed by atoms with van der Waals surface area (Å²) >= 11 is 5.64. The number of benzene rings is 1. The molecule has 0 aliphatic carbocycles. The number of carbonyl (C=O) groups is 1. The molecule has 0 radical (unpaired) electrons. The summed E-state index contributed by atoms with van der Waals surface area (Å²) in [6.07, 6.45) is 6.84. The number of alkyl halides is 1. The van der Waals surface area contributed by atoms with Gasteiger partial charge in [-0.1, -0.05) is 0 Å². The quantitative estimate of drug-likeness (QED) is 0.447. The van der Waals surface area contributed by atoms with Crippen LogP contribution < -0.4 is 4.74 Å². The van der Waals surface area contributed by atoms with E-state index in [2.05, 4.69) is 5.10 Å². The molecule has 0 saturated heterocycles. The Hall–Kier alpha value is -2.07. The topological polar surface area (TPSA) is 44.1 Å². The second kappa shape index (κ2) is 7.64. The summed E-state index contributed by atoms with van der Waals surface area (Å²) in [5, 5.41) is 4.14. The lowest BCUT2D eigenvalue weighted by Crippen LogP contribution is -1.98. The summed E-state index contributed by atoms with van der Waals surface area (Å²) in [6.45, 7) is 3.19. The molecule has 0 atom stereocenters. The van der Waals surface area contributed by atoms with Crippen molar-refractivity contribution in [3.8, 4) is 5.75 Å². The second-order valence-corrected chi connectivity index (χ2v) is 4.76. The zero-order valence-corrected chi connectivity index (χ0v) is 12.6. The number of hydrogen-bond donors (Lipinski definition) is 0. The first-order chi connectivity index (χ1) is 10.2. The predicted molar refractivity (Wildman–Crippen MR) is 83.9 cm³/mol. The molecule has 4 nitrogen and oxygen atoms in total. The van der Waals surface area contributed by atoms with Gasteiger partial charge in [0.1, 0.15) is 5.75 Å². The van der Waals surface area contributed by atoms with Crippen LogP contribution in [0.25, 0.3) is 6.08 Å². The van der Waals surface area contributed by atoms with Crippen molar-refractivity contribution in [3.63, 3.8) is 0 Å². The van der Waals surface area contributed by atoms with E-state index >= 15 is 0 Å². The summed E-state index contributed by atoms with van der Waals surface area (Å²) in [6, 6.07) is 7.11. The molecule has 1 aromatic heterocycles. The van der Waals surface area contributed by atoms with Crippen molar-refractivity contribution in [1.82, 2.24) is 9.78 Å². The number of ketones is 1. The maximum absolute atomic E-state index is 12.0. The van der Waals surface area contributed by atoms with Crippen LogP contribution in [-0.2, 0) is 6.54 Å². The van der Waals surface area contributed by atoms with E-state index in [9.17, 15) is 4.79 Å². The molecule has 0 N–H and O–H groups in total. The van der Waals surface area contributed by atoms with E-state index in [4.69, 9.17) is 16.3 Å². The Morgan fingerprint density at radius 3 is 2.81 bits per heavy atom. The predicted octanol–water partition coefficient (Wildman–Crippen LogP) is 3.42. The van der Waals surface area contributed by atoms with Crippen LogP contribution in [0, 0.1) is 0 Å². The Labute approximate surface area is 129 Å². The molecule has 0 aliphatic rings. The molecule has 0 amide bonds. The Bertz CT molecular complexity index is 617. The molecule has 0 bridgehead atoms. The van der Waals surface area contributed by atoms with Gasteiger partial charge in [0.2, 0.25) is 0 Å². The van der Waals surface area contributed by atoms with Gasteiger partial charge >= 0.3 is 0 Å². The Kier molecular flexibility index (Phi) is 5.58. The van der Waals surface area contributed by atoms with Crippen LogP contribution in [0.4, 0.5) is 0 Å². The van der Waals surface area contributed by atoms with Gasteiger partial charge in [-0.15, -0.1) is 11.6 Å². The summed E-state index contributed by atoms with van der Waals surface area (Å²) < 4.78 is 7.09. The van der Waals surface area contributed by atoms with Crippen LogP contribution in [0.3, 0.4) is 0 Å². The molecule has 0 spiro atoms. The molecule has 5 heteroatoms. The average molecular weight is 305 g/mol. The number of hydrogen-bond acceptors (Lipinski definition) is 3. The Balaban J connectivity index is 2.00. The van der Waals surface area contributed by atoms with E-state index in [-0.39, 0.29) is 5.78 Å². The lowest BCUT2D eigenvalue weighted by atomic mass is 10.1. The first-order valence-corrected chi connectivity index (χ1v) is 7.30. The third-order valence-corrected chi connectivity index (χ3v) is 3.01. The number of aryl methyl sites for hydroxylation is 1. The van der Waals surface area contributed by atoms with Crippen molar-refractivity contribution in [1.29, 1.82) is 0 Å². The summed E-state index contributed by atoms with van der Waals surface area (Å²) in [7, 11) is 0. The molecular formula is C16H17ClN2O2. The van der Waals surface area contributed by atoms with Crippen molar-refractivity contribution >= 4 is 23.5 Å². The van der Waals surface area contributed by atoms with Gasteiger partial charge in [-0.3, -0.25) is 9.48 Å². The number of halogens is 1. The fraction of sp³-hybridized carbons (Fsp3) is 0.250. The normalized spacial score (nSPS) is 11.0. The Morgan fingerprint density at radius 1 is 1.38 bits per heavy atom. The molecule has 0 unspecified atom stereocenters. The molecule has 0 saturated carbocycles. The van der Waals surface area contributed by atoms with E-state index in [0.29, 0.717) is 24.6 Å². The smallest absolute Gasteiger partial charge is 0.185 e. The molecule has 1 heterocycles. The number of carbonyl (C=O) groups excluding carboxylic acids is 1. The molecule has 1 aromatic carbocycles. The highest BCUT2D eigenvalue weighted by atomic mass is 35.5. The van der Waals surface area contributed by atoms with E-state index < -0.39 is 0 Å². The average Bonchev–Trinajstić information content (AvgIpc) is 2.94. The summed E-state index contributed by atoms with van der Waals surface area (Å²) in [4.78, 5) is 12.0. The number of nitrogens with zero attached hydrogens (tertiary/aromatic N) is 2. The highest BCUT2D eigenvalue weighted by Gasteiger charge is 2.02. The van der Waals surface area contributed by atoms with Gasteiger partial charge in [-0.2, -0.15) is 5.10 Å². The number of rotatable bonds is 7. The fourth-order valence-corrected chi connectivity index (χ4v) is 2.00. The van der Waals surface area contributed by atoms with Crippen LogP contribution >= 0.6 is 11.6 Å². The van der Waals surface area contributed by atoms with Crippen molar-refractivity contribution in [2.24, 2.45) is 0 Å². The standard InChI is InChI=1S/C16H17ClN2O2/c1-2-21-15-6-4-14(5-7-15)16(20)8-3-13-11-18-19(12-13)10-9-17/h3-8,11-12H,2,9-10H2,1H3/b8-3+. The largest absolute Gasteiger partial charge is 0.494 e. The number of aromatic nitrogens is 2. The van der Waals surface area contributed by atoms with Crippen LogP contribution in [0.5, 0.6) is 5.75 Å². The third-order valence-electron chi connectivity index (χ3n) is 2.84. The minimum Gasteiger partial charge on any atom is -0.494 e. The van der Waals surface area contributed by atoms with Crippen LogP contribution in [0.1, 0.15) is 22.8 Å². The molecule has 2 rings (SSSR count).